The van der Waals surface area contributed by atoms with Crippen molar-refractivity contribution in [2.45, 2.75) is 19.8 Å². The Morgan fingerprint density at radius 1 is 0.698 bits per heavy atom. The first-order chi connectivity index (χ1) is 24.8. The molecule has 0 atom stereocenters. The SMILES string of the molecule is [2H]c1cc2cc(c1[2H])[Se]c1cc(c([2H])c(C(C)C)c1[2H])Oc1cc(c([2H])c(I)c1[2H])N2c1c(-c2ccccc2)c([2H])c([2H])c([2H])c1-c1ccccc1. The van der Waals surface area contributed by atoms with Gasteiger partial charge >= 0.3 is 287 Å². The predicted molar refractivity (Wildman–Crippen MR) is 190 cm³/mol. The topological polar surface area (TPSA) is 12.5 Å². The minimum atomic E-state index is -0.716. The van der Waals surface area contributed by atoms with Crippen molar-refractivity contribution in [2.24, 2.45) is 0 Å². The van der Waals surface area contributed by atoms with Crippen molar-refractivity contribution in [1.82, 2.24) is 0 Å². The van der Waals surface area contributed by atoms with Gasteiger partial charge in [0, 0.05) is 0 Å². The van der Waals surface area contributed by atoms with Gasteiger partial charge in [0.25, 0.3) is 0 Å². The first kappa shape index (κ1) is 19.4. The van der Waals surface area contributed by atoms with Crippen LogP contribution in [0.5, 0.6) is 11.5 Å². The Balaban J connectivity index is 1.70. The second-order valence-corrected chi connectivity index (χ2v) is 13.6. The number of nitrogens with zero attached hydrogens (tertiary/aromatic N) is 1. The van der Waals surface area contributed by atoms with Crippen LogP contribution in [-0.2, 0) is 0 Å². The van der Waals surface area contributed by atoms with Gasteiger partial charge < -0.3 is 0 Å². The molecular weight excluding hydrogens is 704 g/mol. The van der Waals surface area contributed by atoms with E-state index < -0.39 is 15.0 Å². The van der Waals surface area contributed by atoms with Crippen molar-refractivity contribution in [2.75, 3.05) is 4.90 Å². The fraction of sp³-hybridized carbons (Fsp3) is 0.0769. The minimum absolute atomic E-state index is 0.0156. The van der Waals surface area contributed by atoms with Gasteiger partial charge in [-0.25, -0.2) is 0 Å². The van der Waals surface area contributed by atoms with Crippen LogP contribution in [0, 0.1) is 3.57 Å². The molecule has 0 fully saturated rings. The average molecular weight is 744 g/mol. The molecule has 7 rings (SSSR count). The van der Waals surface area contributed by atoms with Crippen molar-refractivity contribution in [3.05, 3.63) is 148 Å². The maximum absolute atomic E-state index is 9.47. The van der Waals surface area contributed by atoms with Gasteiger partial charge in [0.05, 0.1) is 0 Å². The zero-order chi connectivity index (χ0) is 37.2. The van der Waals surface area contributed by atoms with Crippen molar-refractivity contribution in [3.63, 3.8) is 0 Å². The van der Waals surface area contributed by atoms with E-state index >= 15 is 0 Å². The molecule has 0 aliphatic carbocycles. The maximum atomic E-state index is 9.47. The molecule has 2 nitrogen and oxygen atoms in total. The van der Waals surface area contributed by atoms with E-state index in [1.807, 2.05) is 97.1 Å². The molecule has 0 saturated carbocycles. The van der Waals surface area contributed by atoms with Gasteiger partial charge in [0.15, 0.2) is 0 Å². The third-order valence-corrected chi connectivity index (χ3v) is 9.31. The summed E-state index contributed by atoms with van der Waals surface area (Å²) in [4.78, 5) is 1.69. The summed E-state index contributed by atoms with van der Waals surface area (Å²) in [5.74, 6) is 0.00395. The molecule has 4 heteroatoms. The van der Waals surface area contributed by atoms with E-state index in [1.54, 1.807) is 17.0 Å². The first-order valence-electron chi connectivity index (χ1n) is 18.3. The Labute approximate surface area is 286 Å². The number of fused-ring (bicyclic) bond motifs is 6. The van der Waals surface area contributed by atoms with Crippen LogP contribution in [0.4, 0.5) is 17.1 Å². The third-order valence-electron chi connectivity index (χ3n) is 6.92. The van der Waals surface area contributed by atoms with Crippen LogP contribution in [0.1, 0.15) is 37.7 Å². The first-order valence-corrected chi connectivity index (χ1v) is 16.5. The molecule has 0 saturated heterocycles. The van der Waals surface area contributed by atoms with Crippen LogP contribution >= 0.6 is 22.6 Å². The van der Waals surface area contributed by atoms with Crippen molar-refractivity contribution in [1.29, 1.82) is 0 Å². The number of para-hydroxylation sites is 1. The fourth-order valence-electron chi connectivity index (χ4n) is 4.96. The van der Waals surface area contributed by atoms with E-state index in [0.29, 0.717) is 48.1 Å². The summed E-state index contributed by atoms with van der Waals surface area (Å²) >= 11 is 1.21. The monoisotopic (exact) mass is 744 g/mol. The number of benzene rings is 6. The molecular formula is C39H30INOSe. The van der Waals surface area contributed by atoms with Crippen LogP contribution in [-0.4, -0.2) is 15.0 Å². The molecule has 1 aliphatic rings. The van der Waals surface area contributed by atoms with Gasteiger partial charge in [0.2, 0.25) is 0 Å². The second-order valence-electron chi connectivity index (χ2n) is 10.2. The number of halogens is 1. The number of hydrogen-bond acceptors (Lipinski definition) is 2. The van der Waals surface area contributed by atoms with Crippen LogP contribution in [0.25, 0.3) is 22.3 Å². The standard InChI is InChI=1S/C39H30INOSe/c1-26(2)29-19-33-25-36(20-29)43-35-16-9-15-31(24-35)41(32-21-30(40)22-34(23-32)42-33)39-37(27-11-5-3-6-12-27)17-10-18-38(39)28-13-7-4-8-14-28/h3-26H,1-2H3/i9D,10D,16D,17D,18D,19D,20D,21D,22D. The van der Waals surface area contributed by atoms with Crippen molar-refractivity contribution < 1.29 is 17.1 Å². The van der Waals surface area contributed by atoms with E-state index in [2.05, 4.69) is 0 Å². The zero-order valence-corrected chi connectivity index (χ0v) is 27.2. The molecule has 43 heavy (non-hydrogen) atoms. The molecule has 0 unspecified atom stereocenters. The predicted octanol–water partition coefficient (Wildman–Crippen LogP) is 9.98. The Morgan fingerprint density at radius 2 is 1.37 bits per heavy atom. The molecule has 0 spiro atoms. The number of ether oxygens (including phenoxy) is 1. The van der Waals surface area contributed by atoms with Crippen LogP contribution in [0.3, 0.4) is 0 Å². The molecule has 6 aromatic carbocycles. The summed E-state index contributed by atoms with van der Waals surface area (Å²) in [5.41, 5.74) is 3.19. The quantitative estimate of drug-likeness (QED) is 0.132. The zero-order valence-electron chi connectivity index (χ0n) is 32.3. The fourth-order valence-corrected chi connectivity index (χ4v) is 7.30. The summed E-state index contributed by atoms with van der Waals surface area (Å²) < 4.78 is 90.0. The number of hydrogen-bond donors (Lipinski definition) is 0. The van der Waals surface area contributed by atoms with Crippen LogP contribution in [0.2, 0.25) is 0 Å². The Kier molecular flexibility index (Phi) is 5.45. The summed E-state index contributed by atoms with van der Waals surface area (Å²) in [6, 6.07) is 23.9. The molecule has 210 valence electrons. The molecule has 0 radical (unpaired) electrons. The molecule has 1 heterocycles. The van der Waals surface area contributed by atoms with E-state index in [9.17, 15) is 4.11 Å². The van der Waals surface area contributed by atoms with E-state index in [1.165, 1.54) is 12.1 Å². The second kappa shape index (κ2) is 12.0. The Bertz CT molecular complexity index is 2340. The van der Waals surface area contributed by atoms with Gasteiger partial charge in [-0.3, -0.25) is 0 Å². The van der Waals surface area contributed by atoms with Gasteiger partial charge in [-0.05, 0) is 0 Å². The van der Waals surface area contributed by atoms with E-state index in [4.69, 9.17) is 13.0 Å². The van der Waals surface area contributed by atoms with E-state index in [-0.39, 0.29) is 81.1 Å². The summed E-state index contributed by atoms with van der Waals surface area (Å²) in [6.45, 7) is 3.80. The molecule has 1 aliphatic heterocycles. The molecule has 6 bridgehead atoms. The Hall–Kier alpha value is -3.83. The normalized spacial score (nSPS) is 15.3. The molecule has 0 aromatic heterocycles. The Morgan fingerprint density at radius 3 is 2.05 bits per heavy atom. The van der Waals surface area contributed by atoms with Gasteiger partial charge in [0.1, 0.15) is 0 Å². The number of rotatable bonds is 4. The van der Waals surface area contributed by atoms with Crippen molar-refractivity contribution in [3.8, 4) is 33.8 Å². The van der Waals surface area contributed by atoms with Crippen molar-refractivity contribution >= 4 is 63.5 Å². The molecule has 6 aromatic rings. The average Bonchev–Trinajstić information content (AvgIpc) is 3.12. The van der Waals surface area contributed by atoms with E-state index in [0.717, 1.165) is 0 Å². The molecule has 0 amide bonds. The van der Waals surface area contributed by atoms with Gasteiger partial charge in [-0.2, -0.15) is 0 Å². The summed E-state index contributed by atoms with van der Waals surface area (Å²) in [5, 5.41) is 0. The van der Waals surface area contributed by atoms with Crippen LogP contribution < -0.4 is 18.6 Å². The summed E-state index contributed by atoms with van der Waals surface area (Å²) in [6.07, 6.45) is 0. The van der Waals surface area contributed by atoms with Gasteiger partial charge in [-0.15, -0.1) is 0 Å². The molecule has 0 N–H and O–H groups in total. The number of anilines is 3. The third kappa shape index (κ3) is 5.88. The summed E-state index contributed by atoms with van der Waals surface area (Å²) in [7, 11) is 0. The van der Waals surface area contributed by atoms with Gasteiger partial charge in [-0.1, -0.05) is 0 Å². The van der Waals surface area contributed by atoms with Crippen LogP contribution in [0.15, 0.2) is 139 Å².